The van der Waals surface area contributed by atoms with Crippen LogP contribution in [-0.2, 0) is 28.6 Å². The zero-order chi connectivity index (χ0) is 25.6. The fourth-order valence-electron chi connectivity index (χ4n) is 2.53. The summed E-state index contributed by atoms with van der Waals surface area (Å²) < 4.78 is 15.1. The monoisotopic (exact) mass is 501 g/mol. The van der Waals surface area contributed by atoms with Crippen LogP contribution in [0.3, 0.4) is 0 Å². The molecule has 2 rings (SSSR count). The fraction of sp³-hybridized carbons (Fsp3) is 0.320. The molecule has 2 aromatic rings. The Bertz CT molecular complexity index is 1050. The van der Waals surface area contributed by atoms with E-state index in [2.05, 4.69) is 9.99 Å². The first-order valence-corrected chi connectivity index (χ1v) is 11.7. The number of Topliss-reactive ketones (excluding diaryl/α,β-unsaturated/α-hetero) is 1. The molecule has 0 N–H and O–H groups in total. The van der Waals surface area contributed by atoms with E-state index >= 15 is 0 Å². The van der Waals surface area contributed by atoms with Crippen LogP contribution < -0.4 is 0 Å². The predicted molar refractivity (Wildman–Crippen MR) is 129 cm³/mol. The van der Waals surface area contributed by atoms with Gasteiger partial charge < -0.3 is 19.0 Å². The Labute approximate surface area is 207 Å². The molecule has 0 spiro atoms. The number of benzene rings is 2. The van der Waals surface area contributed by atoms with Gasteiger partial charge in [0.25, 0.3) is 0 Å². The van der Waals surface area contributed by atoms with Crippen LogP contribution in [0.25, 0.3) is 0 Å². The van der Waals surface area contributed by atoms with Gasteiger partial charge in [-0.1, -0.05) is 23.8 Å². The third-order valence-electron chi connectivity index (χ3n) is 4.34. The number of carbonyl (C=O) groups excluding carboxylic acids is 4. The molecule has 10 heteroatoms. The molecule has 0 bridgehead atoms. The lowest BCUT2D eigenvalue weighted by Gasteiger charge is -2.07. The van der Waals surface area contributed by atoms with Crippen LogP contribution in [0.4, 0.5) is 0 Å². The maximum atomic E-state index is 12.4. The van der Waals surface area contributed by atoms with Crippen molar-refractivity contribution in [1.29, 1.82) is 0 Å². The topological polar surface area (TPSA) is 118 Å². The zero-order valence-electron chi connectivity index (χ0n) is 19.8. The van der Waals surface area contributed by atoms with E-state index < -0.39 is 11.9 Å². The summed E-state index contributed by atoms with van der Waals surface area (Å²) in [6.45, 7) is 5.13. The van der Waals surface area contributed by atoms with Gasteiger partial charge in [-0.3, -0.25) is 9.59 Å². The smallest absolute Gasteiger partial charge is 0.338 e. The van der Waals surface area contributed by atoms with Crippen molar-refractivity contribution >= 4 is 41.2 Å². The van der Waals surface area contributed by atoms with E-state index in [1.54, 1.807) is 55.5 Å². The number of nitrogens with zero attached hydrogens (tertiary/aromatic N) is 1. The highest BCUT2D eigenvalue weighted by atomic mass is 32.2. The number of ketones is 1. The number of carbonyl (C=O) groups is 4. The lowest BCUT2D eigenvalue weighted by molar-refractivity contribution is -0.143. The molecule has 0 atom stereocenters. The van der Waals surface area contributed by atoms with Crippen molar-refractivity contribution in [3.63, 3.8) is 0 Å². The molecule has 2 aromatic carbocycles. The van der Waals surface area contributed by atoms with Crippen LogP contribution >= 0.6 is 11.8 Å². The highest BCUT2D eigenvalue weighted by molar-refractivity contribution is 7.99. The number of oxime groups is 1. The standard InChI is InChI=1S/C25H27NO8S/c1-4-23(28)34-26-17(2)24(29)19-5-9-21(10-6-19)35-22-11-7-20(8-12-22)25(30)33-16-14-31-13-15-32-18(3)27/h5-12H,4,13-16H2,1-3H3/b26-17+. The van der Waals surface area contributed by atoms with Gasteiger partial charge in [-0.2, -0.15) is 0 Å². The largest absolute Gasteiger partial charge is 0.463 e. The second-order valence-corrected chi connectivity index (χ2v) is 8.21. The second-order valence-electron chi connectivity index (χ2n) is 7.06. The molecular weight excluding hydrogens is 474 g/mol. The Morgan fingerprint density at radius 1 is 0.771 bits per heavy atom. The lowest BCUT2D eigenvalue weighted by atomic mass is 10.1. The minimum atomic E-state index is -0.509. The molecule has 0 saturated carbocycles. The quantitative estimate of drug-likeness (QED) is 0.0999. The van der Waals surface area contributed by atoms with Crippen molar-refractivity contribution in [3.05, 3.63) is 59.7 Å². The van der Waals surface area contributed by atoms with Crippen LogP contribution in [0, 0.1) is 0 Å². The molecule has 0 radical (unpaired) electrons. The molecule has 0 aliphatic carbocycles. The number of rotatable bonds is 13. The molecule has 0 amide bonds. The van der Waals surface area contributed by atoms with Gasteiger partial charge in [0, 0.05) is 28.7 Å². The third kappa shape index (κ3) is 10.1. The molecule has 0 aliphatic rings. The lowest BCUT2D eigenvalue weighted by Crippen LogP contribution is -2.13. The number of esters is 2. The first kappa shape index (κ1) is 27.7. The van der Waals surface area contributed by atoms with Gasteiger partial charge in [0.15, 0.2) is 0 Å². The molecule has 0 unspecified atom stereocenters. The van der Waals surface area contributed by atoms with Crippen molar-refractivity contribution in [2.75, 3.05) is 26.4 Å². The van der Waals surface area contributed by atoms with Gasteiger partial charge >= 0.3 is 17.9 Å². The van der Waals surface area contributed by atoms with Gasteiger partial charge in [-0.25, -0.2) is 9.59 Å². The summed E-state index contributed by atoms with van der Waals surface area (Å²) in [6, 6.07) is 13.9. The number of hydrogen-bond donors (Lipinski definition) is 0. The minimum Gasteiger partial charge on any atom is -0.463 e. The molecule has 0 heterocycles. The van der Waals surface area contributed by atoms with E-state index in [0.717, 1.165) is 9.79 Å². The molecule has 0 aromatic heterocycles. The van der Waals surface area contributed by atoms with Crippen molar-refractivity contribution < 1.29 is 38.2 Å². The van der Waals surface area contributed by atoms with Gasteiger partial charge in [0.1, 0.15) is 18.9 Å². The van der Waals surface area contributed by atoms with Crippen LogP contribution in [0.5, 0.6) is 0 Å². The molecule has 0 aliphatic heterocycles. The summed E-state index contributed by atoms with van der Waals surface area (Å²) in [5, 5.41) is 3.58. The molecule has 0 saturated heterocycles. The summed E-state index contributed by atoms with van der Waals surface area (Å²) in [5.41, 5.74) is 0.925. The highest BCUT2D eigenvalue weighted by Gasteiger charge is 2.12. The van der Waals surface area contributed by atoms with Crippen LogP contribution in [0.2, 0.25) is 0 Å². The maximum Gasteiger partial charge on any atom is 0.338 e. The van der Waals surface area contributed by atoms with E-state index in [9.17, 15) is 19.2 Å². The maximum absolute atomic E-state index is 12.4. The van der Waals surface area contributed by atoms with E-state index in [1.807, 2.05) is 0 Å². The van der Waals surface area contributed by atoms with Crippen LogP contribution in [0.1, 0.15) is 47.9 Å². The number of ether oxygens (including phenoxy) is 3. The van der Waals surface area contributed by atoms with Gasteiger partial charge in [0.2, 0.25) is 5.78 Å². The van der Waals surface area contributed by atoms with E-state index in [0.29, 0.717) is 11.1 Å². The first-order valence-electron chi connectivity index (χ1n) is 10.9. The summed E-state index contributed by atoms with van der Waals surface area (Å²) in [5.74, 6) is -1.68. The Balaban J connectivity index is 1.81. The molecule has 9 nitrogen and oxygen atoms in total. The third-order valence-corrected chi connectivity index (χ3v) is 5.35. The predicted octanol–water partition coefficient (Wildman–Crippen LogP) is 4.09. The van der Waals surface area contributed by atoms with Gasteiger partial charge in [0.05, 0.1) is 18.8 Å². The first-order chi connectivity index (χ1) is 16.8. The Morgan fingerprint density at radius 3 is 1.86 bits per heavy atom. The minimum absolute atomic E-state index is 0.0863. The fourth-order valence-corrected chi connectivity index (χ4v) is 3.34. The Kier molecular flexibility index (Phi) is 11.6. The normalized spacial score (nSPS) is 11.0. The molecule has 35 heavy (non-hydrogen) atoms. The number of hydrogen-bond acceptors (Lipinski definition) is 10. The Morgan fingerprint density at radius 2 is 1.31 bits per heavy atom. The summed E-state index contributed by atoms with van der Waals surface area (Å²) >= 11 is 1.47. The second kappa shape index (κ2) is 14.7. The SMILES string of the molecule is CCC(=O)O/N=C(\C)C(=O)c1ccc(Sc2ccc(C(=O)OCCOCCOC(C)=O)cc2)cc1. The molecular formula is C25H27NO8S. The van der Waals surface area contributed by atoms with Crippen molar-refractivity contribution in [1.82, 2.24) is 0 Å². The van der Waals surface area contributed by atoms with Gasteiger partial charge in [-0.15, -0.1) is 0 Å². The average Bonchev–Trinajstić information content (AvgIpc) is 2.86. The van der Waals surface area contributed by atoms with E-state index in [-0.39, 0.29) is 50.3 Å². The zero-order valence-corrected chi connectivity index (χ0v) is 20.6. The Hall–Kier alpha value is -3.50. The molecule has 186 valence electrons. The van der Waals surface area contributed by atoms with Crippen molar-refractivity contribution in [3.8, 4) is 0 Å². The summed E-state index contributed by atoms with van der Waals surface area (Å²) in [6.07, 6.45) is 0.175. The van der Waals surface area contributed by atoms with E-state index in [1.165, 1.54) is 25.6 Å². The van der Waals surface area contributed by atoms with Crippen molar-refractivity contribution in [2.45, 2.75) is 37.0 Å². The van der Waals surface area contributed by atoms with Gasteiger partial charge in [-0.05, 0) is 55.5 Å². The van der Waals surface area contributed by atoms with Crippen LogP contribution in [-0.4, -0.2) is 55.8 Å². The van der Waals surface area contributed by atoms with E-state index in [4.69, 9.17) is 14.2 Å². The molecule has 0 fully saturated rings. The van der Waals surface area contributed by atoms with Crippen LogP contribution in [0.15, 0.2) is 63.5 Å². The highest BCUT2D eigenvalue weighted by Crippen LogP contribution is 2.28. The summed E-state index contributed by atoms with van der Waals surface area (Å²) in [7, 11) is 0. The summed E-state index contributed by atoms with van der Waals surface area (Å²) in [4.78, 5) is 52.8. The van der Waals surface area contributed by atoms with Crippen molar-refractivity contribution in [2.24, 2.45) is 5.16 Å². The average molecular weight is 502 g/mol.